The van der Waals surface area contributed by atoms with Crippen molar-refractivity contribution in [2.24, 2.45) is 11.8 Å². The molecule has 0 spiro atoms. The Hall–Kier alpha value is -3.12. The Bertz CT molecular complexity index is 932. The van der Waals surface area contributed by atoms with Crippen LogP contribution < -0.4 is 11.1 Å². The summed E-state index contributed by atoms with van der Waals surface area (Å²) in [5.74, 6) is -17.4. The second-order valence-corrected chi connectivity index (χ2v) is 8.48. The number of carboxylic acids is 1. The maximum absolute atomic E-state index is 12.6. The van der Waals surface area contributed by atoms with Gasteiger partial charge in [-0.3, -0.25) is 4.79 Å². The number of hydrogen-bond acceptors (Lipinski definition) is 14. The summed E-state index contributed by atoms with van der Waals surface area (Å²) in [6.07, 6.45) is -1.87. The minimum absolute atomic E-state index is 0.194. The zero-order valence-corrected chi connectivity index (χ0v) is 18.0. The van der Waals surface area contributed by atoms with Crippen LogP contribution in [0.1, 0.15) is 31.2 Å². The van der Waals surface area contributed by atoms with Crippen LogP contribution in [0.4, 0.5) is 5.69 Å². The third-order valence-electron chi connectivity index (χ3n) is 6.26. The fourth-order valence-electron chi connectivity index (χ4n) is 4.20. The SMILES string of the molecule is Nc1c(O)c(O)c(O)c(CC(NC(=O)C2CCC(C(O)(C(O)(O)O)C(O)(O)O)CC2)C(=O)O)c1O. The zero-order chi connectivity index (χ0) is 27.1. The largest absolute Gasteiger partial charge is 0.505 e. The highest BCUT2D eigenvalue weighted by Gasteiger charge is 2.66. The first kappa shape index (κ1) is 28.1. The number of rotatable bonds is 8. The number of nitrogen functional groups attached to an aromatic ring is 1. The van der Waals surface area contributed by atoms with Crippen LogP contribution in [0, 0.1) is 11.8 Å². The third-order valence-corrected chi connectivity index (χ3v) is 6.26. The Morgan fingerprint density at radius 3 is 1.74 bits per heavy atom. The standard InChI is InChI=1S/C19H28N2O14/c20-10-11(22)8(12(23)14(25)13(10)24)5-9(16(27)28)21-15(26)6-1-3-7(4-2-6)17(29,18(30,31)32)19(33,34)35/h6-7,9,22-25,29-35H,1-5,20H2,(H,21,26)(H,27,28). The van der Waals surface area contributed by atoms with Gasteiger partial charge < -0.3 is 72.3 Å². The topological polar surface area (TPSA) is 315 Å². The molecule has 0 saturated heterocycles. The van der Waals surface area contributed by atoms with Crippen LogP contribution in [0.3, 0.4) is 0 Å². The van der Waals surface area contributed by atoms with E-state index in [0.29, 0.717) is 0 Å². The number of anilines is 1. The molecule has 1 unspecified atom stereocenters. The van der Waals surface area contributed by atoms with E-state index >= 15 is 0 Å². The Kier molecular flexibility index (Phi) is 7.63. The maximum Gasteiger partial charge on any atom is 0.326 e. The van der Waals surface area contributed by atoms with Crippen molar-refractivity contribution >= 4 is 17.6 Å². The summed E-state index contributed by atoms with van der Waals surface area (Å²) in [6, 6.07) is -1.77. The number of nitrogens with one attached hydrogen (secondary N) is 1. The first-order valence-corrected chi connectivity index (χ1v) is 10.2. The number of hydrogen-bond donors (Lipinski definition) is 14. The molecule has 1 saturated carbocycles. The molecule has 0 bridgehead atoms. The predicted molar refractivity (Wildman–Crippen MR) is 110 cm³/mol. The number of aliphatic carboxylic acids is 1. The smallest absolute Gasteiger partial charge is 0.326 e. The van der Waals surface area contributed by atoms with Gasteiger partial charge in [-0.1, -0.05) is 0 Å². The van der Waals surface area contributed by atoms with Gasteiger partial charge >= 0.3 is 17.9 Å². The molecule has 15 N–H and O–H groups in total. The lowest BCUT2D eigenvalue weighted by Gasteiger charge is -2.47. The first-order chi connectivity index (χ1) is 15.8. The molecule has 1 atom stereocenters. The molecule has 198 valence electrons. The van der Waals surface area contributed by atoms with Gasteiger partial charge in [-0.25, -0.2) is 4.79 Å². The number of carboxylic acid groups (broad SMARTS) is 1. The van der Waals surface area contributed by atoms with Gasteiger partial charge in [0.15, 0.2) is 11.5 Å². The van der Waals surface area contributed by atoms with Crippen LogP contribution in [0.5, 0.6) is 23.0 Å². The Labute approximate surface area is 196 Å². The third kappa shape index (κ3) is 5.13. The molecule has 0 aromatic heterocycles. The quantitative estimate of drug-likeness (QED) is 0.0688. The number of aliphatic hydroxyl groups is 7. The summed E-state index contributed by atoms with van der Waals surface area (Å²) >= 11 is 0. The predicted octanol–water partition coefficient (Wildman–Crippen LogP) is -4.00. The molecule has 1 aliphatic carbocycles. The van der Waals surface area contributed by atoms with Crippen molar-refractivity contribution in [1.29, 1.82) is 0 Å². The molecule has 16 nitrogen and oxygen atoms in total. The molecule has 1 aromatic rings. The number of carbonyl (C=O) groups excluding carboxylic acids is 1. The number of phenols is 4. The number of aromatic hydroxyl groups is 4. The Morgan fingerprint density at radius 1 is 0.829 bits per heavy atom. The minimum atomic E-state index is -4.14. The Balaban J connectivity index is 2.16. The van der Waals surface area contributed by atoms with E-state index in [0.717, 1.165) is 0 Å². The van der Waals surface area contributed by atoms with Crippen LogP contribution in [-0.4, -0.2) is 96.7 Å². The van der Waals surface area contributed by atoms with E-state index in [4.69, 9.17) is 5.73 Å². The molecule has 0 radical (unpaired) electrons. The van der Waals surface area contributed by atoms with E-state index in [-0.39, 0.29) is 25.7 Å². The van der Waals surface area contributed by atoms with Crippen molar-refractivity contribution < 1.29 is 70.9 Å². The van der Waals surface area contributed by atoms with Crippen LogP contribution in [0.25, 0.3) is 0 Å². The van der Waals surface area contributed by atoms with Crippen LogP contribution in [0.2, 0.25) is 0 Å². The van der Waals surface area contributed by atoms with Crippen LogP contribution in [-0.2, 0) is 16.0 Å². The minimum Gasteiger partial charge on any atom is -0.505 e. The molecular formula is C19H28N2O14. The van der Waals surface area contributed by atoms with Crippen LogP contribution in [0.15, 0.2) is 0 Å². The van der Waals surface area contributed by atoms with E-state index in [2.05, 4.69) is 5.32 Å². The summed E-state index contributed by atoms with van der Waals surface area (Å²) in [5.41, 5.74) is 0.447. The van der Waals surface area contributed by atoms with Gasteiger partial charge in [0, 0.05) is 23.8 Å². The fourth-order valence-corrected chi connectivity index (χ4v) is 4.20. The van der Waals surface area contributed by atoms with Gasteiger partial charge in [-0.05, 0) is 25.7 Å². The molecule has 35 heavy (non-hydrogen) atoms. The van der Waals surface area contributed by atoms with Crippen molar-refractivity contribution in [3.05, 3.63) is 5.56 Å². The van der Waals surface area contributed by atoms with Crippen LogP contribution >= 0.6 is 0 Å². The van der Waals surface area contributed by atoms with Crippen molar-refractivity contribution in [3.8, 4) is 23.0 Å². The van der Waals surface area contributed by atoms with Gasteiger partial charge in [-0.2, -0.15) is 0 Å². The molecule has 1 aromatic carbocycles. The zero-order valence-electron chi connectivity index (χ0n) is 18.0. The van der Waals surface area contributed by atoms with Crippen molar-refractivity contribution in [1.82, 2.24) is 5.32 Å². The van der Waals surface area contributed by atoms with Crippen molar-refractivity contribution in [2.75, 3.05) is 5.73 Å². The normalized spacial score (nSPS) is 20.3. The number of phenolic OH excluding ortho intramolecular Hbond substituents is 4. The van der Waals surface area contributed by atoms with Gasteiger partial charge in [-0.15, -0.1) is 0 Å². The first-order valence-electron chi connectivity index (χ1n) is 10.2. The lowest BCUT2D eigenvalue weighted by atomic mass is 9.70. The second kappa shape index (κ2) is 9.50. The number of carbonyl (C=O) groups is 2. The van der Waals surface area contributed by atoms with E-state index in [1.807, 2.05) is 0 Å². The lowest BCUT2D eigenvalue weighted by Crippen LogP contribution is -2.72. The molecule has 2 rings (SSSR count). The molecule has 1 fully saturated rings. The van der Waals surface area contributed by atoms with Crippen molar-refractivity contribution in [3.63, 3.8) is 0 Å². The van der Waals surface area contributed by atoms with Gasteiger partial charge in [0.05, 0.1) is 0 Å². The second-order valence-electron chi connectivity index (χ2n) is 8.48. The summed E-state index contributed by atoms with van der Waals surface area (Å²) in [4.78, 5) is 24.3. The highest BCUT2D eigenvalue weighted by molar-refractivity contribution is 5.86. The molecular weight excluding hydrogens is 480 g/mol. The molecule has 0 heterocycles. The van der Waals surface area contributed by atoms with Gasteiger partial charge in [0.1, 0.15) is 17.5 Å². The summed E-state index contributed by atoms with van der Waals surface area (Å²) < 4.78 is 0. The monoisotopic (exact) mass is 508 g/mol. The van der Waals surface area contributed by atoms with Crippen molar-refractivity contribution in [2.45, 2.75) is 55.7 Å². The summed E-state index contributed by atoms with van der Waals surface area (Å²) in [7, 11) is 0. The molecule has 1 amide bonds. The lowest BCUT2D eigenvalue weighted by molar-refractivity contribution is -0.506. The van der Waals surface area contributed by atoms with E-state index in [9.17, 15) is 70.9 Å². The molecule has 1 aliphatic rings. The van der Waals surface area contributed by atoms with E-state index < -0.39 is 88.0 Å². The number of amides is 1. The summed E-state index contributed by atoms with van der Waals surface area (Å²) in [5, 5.41) is 117. The number of nitrogens with two attached hydrogens (primary N) is 1. The highest BCUT2D eigenvalue weighted by Crippen LogP contribution is 2.49. The van der Waals surface area contributed by atoms with E-state index in [1.165, 1.54) is 0 Å². The van der Waals surface area contributed by atoms with Gasteiger partial charge in [0.25, 0.3) is 0 Å². The highest BCUT2D eigenvalue weighted by atomic mass is 16.7. The maximum atomic E-state index is 12.6. The average Bonchev–Trinajstić information content (AvgIpc) is 2.76. The molecule has 0 aliphatic heterocycles. The van der Waals surface area contributed by atoms with Gasteiger partial charge in [0.2, 0.25) is 17.3 Å². The molecule has 16 heteroatoms. The average molecular weight is 508 g/mol. The van der Waals surface area contributed by atoms with E-state index in [1.54, 1.807) is 0 Å². The Morgan fingerprint density at radius 2 is 1.31 bits per heavy atom. The fraction of sp³-hybridized carbons (Fsp3) is 0.579. The summed E-state index contributed by atoms with van der Waals surface area (Å²) in [6.45, 7) is 0. The number of benzene rings is 1.